The molecule has 4 nitrogen and oxygen atoms in total. The summed E-state index contributed by atoms with van der Waals surface area (Å²) in [7, 11) is 0. The highest BCUT2D eigenvalue weighted by Gasteiger charge is 2.19. The van der Waals surface area contributed by atoms with E-state index in [2.05, 4.69) is 132 Å². The first-order valence-corrected chi connectivity index (χ1v) is 14.8. The lowest BCUT2D eigenvalue weighted by molar-refractivity contribution is 0.669. The van der Waals surface area contributed by atoms with Gasteiger partial charge in [-0.05, 0) is 35.4 Å². The number of aromatic nitrogens is 3. The Morgan fingerprint density at radius 2 is 1.05 bits per heavy atom. The number of para-hydroxylation sites is 4. The van der Waals surface area contributed by atoms with E-state index >= 15 is 0 Å². The van der Waals surface area contributed by atoms with Gasteiger partial charge in [0.15, 0.2) is 5.82 Å². The Bertz CT molecular complexity index is 2430. The summed E-state index contributed by atoms with van der Waals surface area (Å²) in [5.74, 6) is 1.43. The van der Waals surface area contributed by atoms with Crippen LogP contribution in [0.1, 0.15) is 0 Å². The smallest absolute Gasteiger partial charge is 0.165 e. The molecule has 206 valence electrons. The molecule has 0 atom stereocenters. The summed E-state index contributed by atoms with van der Waals surface area (Å²) in [6, 6.07) is 52.5. The van der Waals surface area contributed by atoms with Gasteiger partial charge in [-0.15, -0.1) is 0 Å². The number of nitrogens with zero attached hydrogens (tertiary/aromatic N) is 3. The third-order valence-electron chi connectivity index (χ3n) is 8.45. The largest absolute Gasteiger partial charge is 0.455 e. The predicted molar refractivity (Wildman–Crippen MR) is 180 cm³/mol. The molecule has 0 radical (unpaired) electrons. The van der Waals surface area contributed by atoms with Crippen molar-refractivity contribution >= 4 is 43.7 Å². The number of furan rings is 1. The van der Waals surface area contributed by atoms with E-state index in [-0.39, 0.29) is 0 Å². The topological polar surface area (TPSA) is 43.9 Å². The van der Waals surface area contributed by atoms with Crippen LogP contribution < -0.4 is 0 Å². The minimum Gasteiger partial charge on any atom is -0.455 e. The molecule has 6 aromatic carbocycles. The van der Waals surface area contributed by atoms with Crippen LogP contribution in [0.5, 0.6) is 0 Å². The predicted octanol–water partition coefficient (Wildman–Crippen LogP) is 10.5. The molecule has 9 aromatic rings. The van der Waals surface area contributed by atoms with Crippen LogP contribution in [0.15, 0.2) is 156 Å². The van der Waals surface area contributed by atoms with Crippen molar-refractivity contribution in [2.24, 2.45) is 0 Å². The lowest BCUT2D eigenvalue weighted by atomic mass is 10.0. The maximum Gasteiger partial charge on any atom is 0.165 e. The van der Waals surface area contributed by atoms with Crippen LogP contribution in [0.2, 0.25) is 0 Å². The van der Waals surface area contributed by atoms with Crippen molar-refractivity contribution in [3.8, 4) is 39.6 Å². The molecule has 0 bridgehead atoms. The molecule has 0 fully saturated rings. The second kappa shape index (κ2) is 9.79. The molecule has 3 heterocycles. The Labute approximate surface area is 253 Å². The molecule has 0 N–H and O–H groups in total. The molecule has 0 aliphatic heterocycles. The lowest BCUT2D eigenvalue weighted by Crippen LogP contribution is -2.02. The van der Waals surface area contributed by atoms with Crippen LogP contribution in [-0.4, -0.2) is 14.5 Å². The van der Waals surface area contributed by atoms with Gasteiger partial charge in [0.2, 0.25) is 0 Å². The molecule has 3 aromatic heterocycles. The fraction of sp³-hybridized carbons (Fsp3) is 0. The Morgan fingerprint density at radius 1 is 0.455 bits per heavy atom. The number of fused-ring (bicyclic) bond motifs is 6. The summed E-state index contributed by atoms with van der Waals surface area (Å²) in [4.78, 5) is 10.4. The van der Waals surface area contributed by atoms with Gasteiger partial charge in [-0.25, -0.2) is 9.97 Å². The lowest BCUT2D eigenvalue weighted by Gasteiger charge is -2.12. The summed E-state index contributed by atoms with van der Waals surface area (Å²) < 4.78 is 8.68. The van der Waals surface area contributed by atoms with Crippen molar-refractivity contribution in [1.29, 1.82) is 0 Å². The molecule has 0 saturated carbocycles. The molecular weight excluding hydrogens is 538 g/mol. The third-order valence-corrected chi connectivity index (χ3v) is 8.45. The molecule has 4 heteroatoms. The van der Waals surface area contributed by atoms with Gasteiger partial charge in [-0.2, -0.15) is 0 Å². The summed E-state index contributed by atoms with van der Waals surface area (Å²) >= 11 is 0. The van der Waals surface area contributed by atoms with Crippen molar-refractivity contribution in [3.05, 3.63) is 152 Å². The quantitative estimate of drug-likeness (QED) is 0.214. The molecule has 9 rings (SSSR count). The van der Waals surface area contributed by atoms with Gasteiger partial charge in [0.1, 0.15) is 17.0 Å². The zero-order valence-corrected chi connectivity index (χ0v) is 23.7. The second-order valence-corrected chi connectivity index (χ2v) is 11.0. The monoisotopic (exact) mass is 563 g/mol. The fourth-order valence-electron chi connectivity index (χ4n) is 6.37. The van der Waals surface area contributed by atoms with Crippen LogP contribution in [0.3, 0.4) is 0 Å². The Kier molecular flexibility index (Phi) is 5.47. The van der Waals surface area contributed by atoms with E-state index in [0.717, 1.165) is 55.6 Å². The first-order valence-electron chi connectivity index (χ1n) is 14.8. The van der Waals surface area contributed by atoms with E-state index in [1.54, 1.807) is 0 Å². The number of rotatable bonds is 4. The highest BCUT2D eigenvalue weighted by molar-refractivity contribution is 6.10. The maximum atomic E-state index is 6.43. The highest BCUT2D eigenvalue weighted by atomic mass is 16.3. The van der Waals surface area contributed by atoms with Gasteiger partial charge in [0.25, 0.3) is 0 Å². The normalized spacial score (nSPS) is 11.6. The van der Waals surface area contributed by atoms with Crippen LogP contribution in [0, 0.1) is 0 Å². The summed E-state index contributed by atoms with van der Waals surface area (Å²) in [5, 5.41) is 4.52. The van der Waals surface area contributed by atoms with Crippen molar-refractivity contribution in [3.63, 3.8) is 0 Å². The Morgan fingerprint density at radius 3 is 1.80 bits per heavy atom. The molecule has 44 heavy (non-hydrogen) atoms. The van der Waals surface area contributed by atoms with Crippen LogP contribution in [0.25, 0.3) is 83.3 Å². The maximum absolute atomic E-state index is 6.43. The van der Waals surface area contributed by atoms with Crippen LogP contribution in [0.4, 0.5) is 0 Å². The molecule has 0 amide bonds. The zero-order valence-electron chi connectivity index (χ0n) is 23.7. The van der Waals surface area contributed by atoms with Crippen LogP contribution in [-0.2, 0) is 0 Å². The fourth-order valence-corrected chi connectivity index (χ4v) is 6.37. The number of benzene rings is 6. The molecule has 0 aliphatic carbocycles. The molecule has 0 saturated heterocycles. The summed E-state index contributed by atoms with van der Waals surface area (Å²) in [5.41, 5.74) is 8.93. The van der Waals surface area contributed by atoms with E-state index < -0.39 is 0 Å². The summed E-state index contributed by atoms with van der Waals surface area (Å²) in [6.07, 6.45) is 0. The van der Waals surface area contributed by atoms with Gasteiger partial charge >= 0.3 is 0 Å². The Hall–Kier alpha value is -6.00. The van der Waals surface area contributed by atoms with Crippen molar-refractivity contribution in [2.75, 3.05) is 0 Å². The van der Waals surface area contributed by atoms with Gasteiger partial charge in [0.05, 0.1) is 22.3 Å². The van der Waals surface area contributed by atoms with E-state index in [1.807, 2.05) is 24.3 Å². The van der Waals surface area contributed by atoms with Gasteiger partial charge in [0, 0.05) is 33.2 Å². The standard InChI is InChI=1S/C40H25N3O/c1-2-11-26(12-3-1)27-21-23-28(24-22-27)34-25-38(43-35-18-7-4-13-29(35)30-14-5-8-19-36(30)43)42-40(41-34)33-17-10-16-32-31-15-6-9-20-37(31)44-39(32)33/h1-25H. The summed E-state index contributed by atoms with van der Waals surface area (Å²) in [6.45, 7) is 0. The average Bonchev–Trinajstić information content (AvgIpc) is 3.65. The highest BCUT2D eigenvalue weighted by Crippen LogP contribution is 2.37. The minimum absolute atomic E-state index is 0.621. The molecule has 0 spiro atoms. The first-order chi connectivity index (χ1) is 21.8. The Balaban J connectivity index is 1.31. The number of hydrogen-bond donors (Lipinski definition) is 0. The zero-order chi connectivity index (χ0) is 29.0. The van der Waals surface area contributed by atoms with E-state index in [1.165, 1.54) is 21.9 Å². The van der Waals surface area contributed by atoms with Gasteiger partial charge < -0.3 is 4.42 Å². The van der Waals surface area contributed by atoms with Gasteiger partial charge in [-0.3, -0.25) is 4.57 Å². The van der Waals surface area contributed by atoms with Crippen molar-refractivity contribution < 1.29 is 4.42 Å². The van der Waals surface area contributed by atoms with E-state index in [9.17, 15) is 0 Å². The van der Waals surface area contributed by atoms with Crippen molar-refractivity contribution in [1.82, 2.24) is 14.5 Å². The molecule has 0 aliphatic rings. The minimum atomic E-state index is 0.621. The molecule has 0 unspecified atom stereocenters. The van der Waals surface area contributed by atoms with Gasteiger partial charge in [-0.1, -0.05) is 121 Å². The SMILES string of the molecule is c1ccc(-c2ccc(-c3cc(-n4c5ccccc5c5ccccc54)nc(-c4cccc5c4oc4ccccc45)n3)cc2)cc1. The molecular formula is C40H25N3O. The third kappa shape index (κ3) is 3.85. The van der Waals surface area contributed by atoms with Crippen molar-refractivity contribution in [2.45, 2.75) is 0 Å². The first kappa shape index (κ1) is 24.6. The van der Waals surface area contributed by atoms with E-state index in [4.69, 9.17) is 14.4 Å². The van der Waals surface area contributed by atoms with Crippen LogP contribution >= 0.6 is 0 Å². The second-order valence-electron chi connectivity index (χ2n) is 11.0. The number of hydrogen-bond acceptors (Lipinski definition) is 3. The van der Waals surface area contributed by atoms with E-state index in [0.29, 0.717) is 5.82 Å². The average molecular weight is 564 g/mol.